The van der Waals surface area contributed by atoms with Crippen molar-refractivity contribution in [1.82, 2.24) is 4.31 Å². The van der Waals surface area contributed by atoms with Crippen molar-refractivity contribution < 1.29 is 13.5 Å². The lowest BCUT2D eigenvalue weighted by molar-refractivity contribution is 0.350. The Hall–Kier alpha value is -1.86. The van der Waals surface area contributed by atoms with Gasteiger partial charge in [0.1, 0.15) is 6.61 Å². The van der Waals surface area contributed by atoms with Gasteiger partial charge in [-0.15, -0.1) is 0 Å². The van der Waals surface area contributed by atoms with Gasteiger partial charge in [-0.25, -0.2) is 8.42 Å². The molecule has 1 aromatic rings. The molecule has 0 aliphatic heterocycles. The third kappa shape index (κ3) is 3.82. The summed E-state index contributed by atoms with van der Waals surface area (Å²) >= 11 is 0. The van der Waals surface area contributed by atoms with Crippen molar-refractivity contribution in [3.8, 4) is 17.9 Å². The van der Waals surface area contributed by atoms with Crippen molar-refractivity contribution in [2.45, 2.75) is 18.2 Å². The van der Waals surface area contributed by atoms with Crippen LogP contribution in [0.15, 0.2) is 23.1 Å². The minimum atomic E-state index is -3.59. The van der Waals surface area contributed by atoms with Gasteiger partial charge in [0.25, 0.3) is 0 Å². The molecule has 0 aliphatic rings. The number of aliphatic hydroxyl groups excluding tert-OH is 1. The highest BCUT2D eigenvalue weighted by atomic mass is 32.2. The van der Waals surface area contributed by atoms with Crippen LogP contribution in [0.3, 0.4) is 0 Å². The summed E-state index contributed by atoms with van der Waals surface area (Å²) in [6.45, 7) is 1.68. The highest BCUT2D eigenvalue weighted by Gasteiger charge is 2.20. The monoisotopic (exact) mass is 292 g/mol. The molecule has 0 saturated heterocycles. The van der Waals surface area contributed by atoms with E-state index in [9.17, 15) is 8.42 Å². The van der Waals surface area contributed by atoms with Gasteiger partial charge >= 0.3 is 0 Å². The maximum absolute atomic E-state index is 12.3. The Balaban J connectivity index is 3.09. The minimum Gasteiger partial charge on any atom is -0.384 e. The van der Waals surface area contributed by atoms with E-state index < -0.39 is 10.0 Å². The molecule has 1 rings (SSSR count). The SMILES string of the molecule is Cc1cc(S(=O)(=O)N(C)CCC#N)ccc1C#CCO. The third-order valence-electron chi connectivity index (χ3n) is 2.75. The van der Waals surface area contributed by atoms with Gasteiger partial charge in [-0.2, -0.15) is 9.57 Å². The fourth-order valence-corrected chi connectivity index (χ4v) is 2.84. The quantitative estimate of drug-likeness (QED) is 0.835. The topological polar surface area (TPSA) is 81.4 Å². The van der Waals surface area contributed by atoms with Crippen LogP contribution in [0.5, 0.6) is 0 Å². The molecule has 1 aromatic carbocycles. The lowest BCUT2D eigenvalue weighted by Crippen LogP contribution is -2.27. The Labute approximate surface area is 119 Å². The Bertz CT molecular complexity index is 679. The van der Waals surface area contributed by atoms with Crippen molar-refractivity contribution in [2.24, 2.45) is 0 Å². The summed E-state index contributed by atoms with van der Waals surface area (Å²) in [5, 5.41) is 17.2. The number of hydrogen-bond acceptors (Lipinski definition) is 4. The second-order valence-electron chi connectivity index (χ2n) is 4.17. The second-order valence-corrected chi connectivity index (χ2v) is 6.22. The molecule has 20 heavy (non-hydrogen) atoms. The normalized spacial score (nSPS) is 10.8. The molecule has 0 aliphatic carbocycles. The van der Waals surface area contributed by atoms with Crippen molar-refractivity contribution in [2.75, 3.05) is 20.2 Å². The average Bonchev–Trinajstić information content (AvgIpc) is 2.43. The van der Waals surface area contributed by atoms with Gasteiger partial charge in [0.05, 0.1) is 11.0 Å². The predicted molar refractivity (Wildman–Crippen MR) is 75.2 cm³/mol. The first-order chi connectivity index (χ1) is 9.43. The van der Waals surface area contributed by atoms with Crippen molar-refractivity contribution >= 4 is 10.0 Å². The molecular weight excluding hydrogens is 276 g/mol. The fraction of sp³-hybridized carbons (Fsp3) is 0.357. The molecule has 0 spiro atoms. The van der Waals surface area contributed by atoms with E-state index in [2.05, 4.69) is 11.8 Å². The van der Waals surface area contributed by atoms with Gasteiger partial charge in [-0.1, -0.05) is 11.8 Å². The first-order valence-electron chi connectivity index (χ1n) is 5.97. The van der Waals surface area contributed by atoms with Crippen LogP contribution in [0.4, 0.5) is 0 Å². The molecular formula is C14H16N2O3S. The maximum atomic E-state index is 12.3. The average molecular weight is 292 g/mol. The molecule has 5 nitrogen and oxygen atoms in total. The largest absolute Gasteiger partial charge is 0.384 e. The van der Waals surface area contributed by atoms with Gasteiger partial charge < -0.3 is 5.11 Å². The maximum Gasteiger partial charge on any atom is 0.242 e. The molecule has 6 heteroatoms. The number of hydrogen-bond donors (Lipinski definition) is 1. The number of rotatable bonds is 4. The predicted octanol–water partition coefficient (Wildman–Crippen LogP) is 0.873. The fourth-order valence-electron chi connectivity index (χ4n) is 1.58. The zero-order chi connectivity index (χ0) is 15.2. The van der Waals surface area contributed by atoms with E-state index in [4.69, 9.17) is 10.4 Å². The van der Waals surface area contributed by atoms with E-state index in [-0.39, 0.29) is 24.5 Å². The van der Waals surface area contributed by atoms with E-state index >= 15 is 0 Å². The Kier molecular flexibility index (Phi) is 5.72. The molecule has 0 fully saturated rings. The Morgan fingerprint density at radius 1 is 1.40 bits per heavy atom. The van der Waals surface area contributed by atoms with Crippen LogP contribution in [-0.4, -0.2) is 38.0 Å². The smallest absolute Gasteiger partial charge is 0.242 e. The number of benzene rings is 1. The van der Waals surface area contributed by atoms with Gasteiger partial charge in [0, 0.05) is 25.6 Å². The molecule has 0 bridgehead atoms. The number of sulfonamides is 1. The number of aryl methyl sites for hydroxylation is 1. The summed E-state index contributed by atoms with van der Waals surface area (Å²) in [6.07, 6.45) is 0.148. The summed E-state index contributed by atoms with van der Waals surface area (Å²) in [7, 11) is -2.14. The zero-order valence-electron chi connectivity index (χ0n) is 11.4. The van der Waals surface area contributed by atoms with Crippen LogP contribution in [0.25, 0.3) is 0 Å². The molecule has 0 heterocycles. The summed E-state index contributed by atoms with van der Waals surface area (Å²) in [5.41, 5.74) is 1.40. The van der Waals surface area contributed by atoms with Crippen LogP contribution in [0.1, 0.15) is 17.5 Å². The molecule has 0 aromatic heterocycles. The summed E-state index contributed by atoms with van der Waals surface area (Å²) in [6, 6.07) is 6.55. The third-order valence-corrected chi connectivity index (χ3v) is 4.60. The van der Waals surface area contributed by atoms with E-state index in [1.54, 1.807) is 19.1 Å². The van der Waals surface area contributed by atoms with E-state index in [1.165, 1.54) is 13.1 Å². The van der Waals surface area contributed by atoms with Gasteiger partial charge in [0.2, 0.25) is 10.0 Å². The summed E-state index contributed by atoms with van der Waals surface area (Å²) in [5.74, 6) is 5.28. The van der Waals surface area contributed by atoms with Gasteiger partial charge in [-0.05, 0) is 30.7 Å². The van der Waals surface area contributed by atoms with Crippen LogP contribution in [0.2, 0.25) is 0 Å². The van der Waals surface area contributed by atoms with Crippen LogP contribution < -0.4 is 0 Å². The lowest BCUT2D eigenvalue weighted by Gasteiger charge is -2.16. The van der Waals surface area contributed by atoms with E-state index in [1.807, 2.05) is 6.07 Å². The molecule has 0 saturated carbocycles. The Morgan fingerprint density at radius 3 is 2.65 bits per heavy atom. The van der Waals surface area contributed by atoms with Crippen LogP contribution in [0, 0.1) is 30.1 Å². The highest BCUT2D eigenvalue weighted by Crippen LogP contribution is 2.18. The van der Waals surface area contributed by atoms with Gasteiger partial charge in [0.15, 0.2) is 0 Å². The van der Waals surface area contributed by atoms with E-state index in [0.29, 0.717) is 5.56 Å². The first-order valence-corrected chi connectivity index (χ1v) is 7.41. The zero-order valence-corrected chi connectivity index (χ0v) is 12.2. The van der Waals surface area contributed by atoms with Crippen LogP contribution >= 0.6 is 0 Å². The minimum absolute atomic E-state index is 0.148. The second kappa shape index (κ2) is 7.06. The molecule has 1 N–H and O–H groups in total. The Morgan fingerprint density at radius 2 is 2.10 bits per heavy atom. The van der Waals surface area contributed by atoms with Crippen LogP contribution in [-0.2, 0) is 10.0 Å². The summed E-state index contributed by atoms with van der Waals surface area (Å²) < 4.78 is 25.7. The standard InChI is InChI=1S/C14H16N2O3S/c1-12-11-14(7-6-13(12)5-3-10-17)20(18,19)16(2)9-4-8-15/h6-7,11,17H,4,9-10H2,1-2H3. The van der Waals surface area contributed by atoms with Crippen molar-refractivity contribution in [1.29, 1.82) is 5.26 Å². The molecule has 0 radical (unpaired) electrons. The van der Waals surface area contributed by atoms with Crippen molar-refractivity contribution in [3.05, 3.63) is 29.3 Å². The number of aliphatic hydroxyl groups is 1. The molecule has 0 atom stereocenters. The van der Waals surface area contributed by atoms with Crippen molar-refractivity contribution in [3.63, 3.8) is 0 Å². The number of nitriles is 1. The lowest BCUT2D eigenvalue weighted by atomic mass is 10.1. The highest BCUT2D eigenvalue weighted by molar-refractivity contribution is 7.89. The molecule has 0 amide bonds. The number of nitrogens with zero attached hydrogens (tertiary/aromatic N) is 2. The van der Waals surface area contributed by atoms with E-state index in [0.717, 1.165) is 9.87 Å². The summed E-state index contributed by atoms with van der Waals surface area (Å²) in [4.78, 5) is 0.171. The first kappa shape index (κ1) is 16.2. The molecule has 106 valence electrons. The molecule has 0 unspecified atom stereocenters. The van der Waals surface area contributed by atoms with Gasteiger partial charge in [-0.3, -0.25) is 0 Å².